The van der Waals surface area contributed by atoms with E-state index in [1.165, 1.54) is 0 Å². The Hall–Kier alpha value is -0.710. The van der Waals surface area contributed by atoms with E-state index in [1.54, 1.807) is 0 Å². The third kappa shape index (κ3) is 6.03. The largest absolute Gasteiger partial charge is 0.475 e. The average molecular weight is 196 g/mol. The van der Waals surface area contributed by atoms with Crippen LogP contribution in [0.25, 0.3) is 0 Å². The number of hydrogen-bond donors (Lipinski definition) is 2. The summed E-state index contributed by atoms with van der Waals surface area (Å²) in [7, 11) is -3.60. The van der Waals surface area contributed by atoms with Crippen LogP contribution in [0.5, 0.6) is 0 Å². The van der Waals surface area contributed by atoms with Gasteiger partial charge in [-0.05, 0) is 0 Å². The van der Waals surface area contributed by atoms with Gasteiger partial charge in [-0.3, -0.25) is 9.36 Å². The van der Waals surface area contributed by atoms with Crippen molar-refractivity contribution in [2.75, 3.05) is 13.3 Å². The zero-order valence-corrected chi connectivity index (χ0v) is 7.28. The maximum Gasteiger partial charge on any atom is 0.372 e. The highest BCUT2D eigenvalue weighted by atomic mass is 31.2. The molecule has 12 heavy (non-hydrogen) atoms. The minimum atomic E-state index is -3.60. The summed E-state index contributed by atoms with van der Waals surface area (Å²) < 4.78 is 14.7. The van der Waals surface area contributed by atoms with Crippen molar-refractivity contribution in [3.63, 3.8) is 0 Å². The molecule has 0 spiro atoms. The first-order valence-corrected chi connectivity index (χ1v) is 5.06. The molecule has 70 valence electrons. The number of aliphatic carboxylic acids is 1. The van der Waals surface area contributed by atoms with Crippen LogP contribution in [-0.2, 0) is 18.7 Å². The van der Waals surface area contributed by atoms with E-state index in [0.717, 1.165) is 6.66 Å². The predicted octanol–water partition coefficient (Wildman–Crippen LogP) is -0.138. The molecule has 0 aromatic heterocycles. The van der Waals surface area contributed by atoms with Crippen LogP contribution in [0.2, 0.25) is 0 Å². The van der Waals surface area contributed by atoms with E-state index in [4.69, 9.17) is 10.00 Å². The Labute approximate surface area is 68.7 Å². The van der Waals surface area contributed by atoms with Crippen LogP contribution < -0.4 is 0 Å². The lowest BCUT2D eigenvalue weighted by Crippen LogP contribution is -2.14. The normalized spacial score (nSPS) is 15.2. The molecule has 0 aliphatic carbocycles. The minimum absolute atomic E-state index is 0.352. The molecule has 1 atom stereocenters. The summed E-state index contributed by atoms with van der Waals surface area (Å²) in [6.07, 6.45) is -0.395. The molecule has 0 fully saturated rings. The zero-order chi connectivity index (χ0) is 9.78. The van der Waals surface area contributed by atoms with Crippen molar-refractivity contribution in [2.24, 2.45) is 0 Å². The Kier molecular flexibility index (Phi) is 4.09. The highest BCUT2D eigenvalue weighted by Crippen LogP contribution is 2.36. The average Bonchev–Trinajstić information content (AvgIpc) is 1.84. The number of carbonyl (C=O) groups is 2. The lowest BCUT2D eigenvalue weighted by molar-refractivity contribution is -0.149. The number of hydrogen-bond acceptors (Lipinski definition) is 4. The molecule has 6 nitrogen and oxygen atoms in total. The first-order chi connectivity index (χ1) is 5.33. The van der Waals surface area contributed by atoms with Crippen molar-refractivity contribution in [3.8, 4) is 0 Å². The molecule has 0 bridgehead atoms. The van der Waals surface area contributed by atoms with Crippen LogP contribution in [0.3, 0.4) is 0 Å². The minimum Gasteiger partial charge on any atom is -0.475 e. The second-order valence-electron chi connectivity index (χ2n) is 2.11. The van der Waals surface area contributed by atoms with Crippen molar-refractivity contribution < 1.29 is 28.7 Å². The van der Waals surface area contributed by atoms with Gasteiger partial charge in [0.1, 0.15) is 0 Å². The van der Waals surface area contributed by atoms with Crippen molar-refractivity contribution in [2.45, 2.75) is 6.42 Å². The molecule has 0 aromatic carbocycles. The number of rotatable bonds is 5. The fraction of sp³-hybridized carbons (Fsp3) is 0.600. The van der Waals surface area contributed by atoms with Gasteiger partial charge in [-0.25, -0.2) is 4.79 Å². The first kappa shape index (κ1) is 11.3. The van der Waals surface area contributed by atoms with Crippen LogP contribution in [0.15, 0.2) is 0 Å². The van der Waals surface area contributed by atoms with E-state index >= 15 is 0 Å². The van der Waals surface area contributed by atoms with E-state index in [0.29, 0.717) is 0 Å². The molecule has 7 heteroatoms. The van der Waals surface area contributed by atoms with E-state index < -0.39 is 25.8 Å². The Morgan fingerprint density at radius 1 is 1.50 bits per heavy atom. The summed E-state index contributed by atoms with van der Waals surface area (Å²) in [5.41, 5.74) is 0. The van der Waals surface area contributed by atoms with E-state index in [9.17, 15) is 14.2 Å². The Balaban J connectivity index is 3.65. The van der Waals surface area contributed by atoms with Crippen molar-refractivity contribution in [1.82, 2.24) is 0 Å². The molecule has 0 aliphatic heterocycles. The van der Waals surface area contributed by atoms with Gasteiger partial charge in [0.15, 0.2) is 0 Å². The summed E-state index contributed by atoms with van der Waals surface area (Å²) in [6, 6.07) is 0. The smallest absolute Gasteiger partial charge is 0.372 e. The summed E-state index contributed by atoms with van der Waals surface area (Å²) in [4.78, 5) is 28.8. The van der Waals surface area contributed by atoms with Gasteiger partial charge in [-0.1, -0.05) is 0 Å². The molecule has 0 radical (unpaired) electrons. The summed E-state index contributed by atoms with van der Waals surface area (Å²) >= 11 is 0. The van der Waals surface area contributed by atoms with Crippen LogP contribution in [0.4, 0.5) is 0 Å². The van der Waals surface area contributed by atoms with Crippen LogP contribution in [0.1, 0.15) is 6.42 Å². The molecule has 0 saturated carbocycles. The number of carbonyl (C=O) groups excluding carboxylic acids is 1. The van der Waals surface area contributed by atoms with E-state index in [1.807, 2.05) is 0 Å². The molecular formula is C5H9O6P. The molecule has 0 heterocycles. The molecule has 1 unspecified atom stereocenters. The molecule has 0 aliphatic rings. The summed E-state index contributed by atoms with van der Waals surface area (Å²) in [5, 5.41) is 8.07. The number of ketones is 1. The number of carboxylic acid groups (broad SMARTS) is 1. The maximum atomic E-state index is 10.4. The SMILES string of the molecule is CP(=O)(O)OCCC(=O)C(=O)O. The van der Waals surface area contributed by atoms with E-state index in [2.05, 4.69) is 4.52 Å². The van der Waals surface area contributed by atoms with Gasteiger partial charge in [0.2, 0.25) is 5.78 Å². The molecule has 0 aromatic rings. The fourth-order valence-corrected chi connectivity index (χ4v) is 0.845. The standard InChI is InChI=1S/C5H9O6P/c1-12(9,10)11-3-2-4(6)5(7)8/h2-3H2,1H3,(H,7,8)(H,9,10). The highest BCUT2D eigenvalue weighted by molar-refractivity contribution is 7.51. The quantitative estimate of drug-likeness (QED) is 0.468. The topological polar surface area (TPSA) is 101 Å². The van der Waals surface area contributed by atoms with E-state index in [-0.39, 0.29) is 6.61 Å². The third-order valence-corrected chi connectivity index (χ3v) is 1.56. The summed E-state index contributed by atoms with van der Waals surface area (Å²) in [6.45, 7) is 0.605. The molecule has 0 saturated heterocycles. The van der Waals surface area contributed by atoms with Gasteiger partial charge < -0.3 is 14.5 Å². The molecular weight excluding hydrogens is 187 g/mol. The van der Waals surface area contributed by atoms with Gasteiger partial charge in [-0.2, -0.15) is 0 Å². The van der Waals surface area contributed by atoms with Crippen molar-refractivity contribution in [1.29, 1.82) is 0 Å². The first-order valence-electron chi connectivity index (χ1n) is 3.04. The van der Waals surface area contributed by atoms with Gasteiger partial charge in [0.25, 0.3) is 0 Å². The third-order valence-electron chi connectivity index (χ3n) is 0.898. The van der Waals surface area contributed by atoms with Gasteiger partial charge >= 0.3 is 13.6 Å². The van der Waals surface area contributed by atoms with Gasteiger partial charge in [0, 0.05) is 13.1 Å². The van der Waals surface area contributed by atoms with Crippen LogP contribution >= 0.6 is 7.60 Å². The fourth-order valence-electron chi connectivity index (χ4n) is 0.415. The Bertz CT molecular complexity index is 228. The Morgan fingerprint density at radius 3 is 2.33 bits per heavy atom. The second kappa shape index (κ2) is 4.35. The maximum absolute atomic E-state index is 10.4. The van der Waals surface area contributed by atoms with Crippen LogP contribution in [0, 0.1) is 0 Å². The molecule has 0 rings (SSSR count). The zero-order valence-electron chi connectivity index (χ0n) is 6.39. The number of carboxylic acids is 1. The monoisotopic (exact) mass is 196 g/mol. The van der Waals surface area contributed by atoms with Crippen molar-refractivity contribution in [3.05, 3.63) is 0 Å². The second-order valence-corrected chi connectivity index (χ2v) is 3.98. The van der Waals surface area contributed by atoms with Crippen LogP contribution in [-0.4, -0.2) is 35.0 Å². The van der Waals surface area contributed by atoms with Gasteiger partial charge in [0.05, 0.1) is 6.61 Å². The summed E-state index contributed by atoms with van der Waals surface area (Å²) in [5.74, 6) is -2.61. The lowest BCUT2D eigenvalue weighted by atomic mass is 10.3. The number of Topliss-reactive ketones (excluding diaryl/α,β-unsaturated/α-hetero) is 1. The van der Waals surface area contributed by atoms with Crippen molar-refractivity contribution >= 4 is 19.3 Å². The molecule has 2 N–H and O–H groups in total. The molecule has 0 amide bonds. The lowest BCUT2D eigenvalue weighted by Gasteiger charge is -2.04. The predicted molar refractivity (Wildman–Crippen MR) is 39.0 cm³/mol. The Morgan fingerprint density at radius 2 is 2.00 bits per heavy atom. The highest BCUT2D eigenvalue weighted by Gasteiger charge is 2.14. The van der Waals surface area contributed by atoms with Gasteiger partial charge in [-0.15, -0.1) is 0 Å².